The number of likely N-dealkylation sites (tertiary alicyclic amines) is 1. The van der Waals surface area contributed by atoms with Gasteiger partial charge in [0.25, 0.3) is 5.91 Å². The molecule has 2 aliphatic heterocycles. The van der Waals surface area contributed by atoms with E-state index in [-0.39, 0.29) is 5.91 Å². The number of furan rings is 1. The molecule has 1 aromatic carbocycles. The summed E-state index contributed by atoms with van der Waals surface area (Å²) in [6.45, 7) is 2.40. The third kappa shape index (κ3) is 4.22. The van der Waals surface area contributed by atoms with Crippen molar-refractivity contribution in [2.24, 2.45) is 0 Å². The summed E-state index contributed by atoms with van der Waals surface area (Å²) in [4.78, 5) is 25.6. The fourth-order valence-corrected chi connectivity index (χ4v) is 5.29. The maximum absolute atomic E-state index is 13.8. The molecular weight excluding hydrogens is 485 g/mol. The Morgan fingerprint density at radius 3 is 2.74 bits per heavy atom. The van der Waals surface area contributed by atoms with Gasteiger partial charge in [-0.25, -0.2) is 9.37 Å². The number of nitriles is 1. The Hall–Kier alpha value is -4.45. The van der Waals surface area contributed by atoms with Crippen molar-refractivity contribution in [1.82, 2.24) is 14.9 Å². The van der Waals surface area contributed by atoms with Gasteiger partial charge in [0.15, 0.2) is 11.3 Å². The van der Waals surface area contributed by atoms with E-state index in [1.807, 2.05) is 28.0 Å². The van der Waals surface area contributed by atoms with Crippen molar-refractivity contribution in [3.63, 3.8) is 0 Å². The number of benzene rings is 1. The Labute approximate surface area is 219 Å². The minimum Gasteiger partial charge on any atom is -0.494 e. The molecule has 1 unspecified atom stereocenters. The smallest absolute Gasteiger partial charge is 0.255 e. The Kier molecular flexibility index (Phi) is 6.16. The Balaban J connectivity index is 1.36. The summed E-state index contributed by atoms with van der Waals surface area (Å²) in [5.74, 6) is 0.838. The molecule has 1 amide bonds. The number of anilines is 1. The van der Waals surface area contributed by atoms with Crippen molar-refractivity contribution in [1.29, 1.82) is 5.26 Å². The van der Waals surface area contributed by atoms with E-state index in [0.717, 1.165) is 42.7 Å². The number of methoxy groups -OCH3 is 1. The van der Waals surface area contributed by atoms with Gasteiger partial charge in [-0.1, -0.05) is 6.07 Å². The number of amides is 1. The van der Waals surface area contributed by atoms with Crippen molar-refractivity contribution in [3.8, 4) is 34.4 Å². The molecular formula is C29H26FN5O3. The SMILES string of the molecule is COc1cc(C(=O)N2CCCC2)cnc1-c1cc2nccc(-c3ccc(N4CCC(F)C4)c(C#N)c3)c2o1. The summed E-state index contributed by atoms with van der Waals surface area (Å²) in [7, 11) is 1.54. The fraction of sp³-hybridized carbons (Fsp3) is 0.310. The molecule has 0 aliphatic carbocycles. The molecule has 2 fully saturated rings. The van der Waals surface area contributed by atoms with Crippen LogP contribution in [0.15, 0.2) is 53.2 Å². The maximum atomic E-state index is 13.8. The van der Waals surface area contributed by atoms with Gasteiger partial charge in [-0.3, -0.25) is 9.78 Å². The van der Waals surface area contributed by atoms with Gasteiger partial charge in [-0.05, 0) is 49.1 Å². The van der Waals surface area contributed by atoms with Gasteiger partial charge in [-0.2, -0.15) is 5.26 Å². The molecule has 0 saturated carbocycles. The van der Waals surface area contributed by atoms with E-state index in [2.05, 4.69) is 16.0 Å². The van der Waals surface area contributed by atoms with Crippen molar-refractivity contribution in [2.45, 2.75) is 25.4 Å². The van der Waals surface area contributed by atoms with Gasteiger partial charge < -0.3 is 19.0 Å². The van der Waals surface area contributed by atoms with Crippen LogP contribution < -0.4 is 9.64 Å². The first-order chi connectivity index (χ1) is 18.6. The molecule has 38 heavy (non-hydrogen) atoms. The van der Waals surface area contributed by atoms with E-state index in [9.17, 15) is 14.4 Å². The minimum atomic E-state index is -0.874. The quantitative estimate of drug-likeness (QED) is 0.362. The minimum absolute atomic E-state index is 0.0545. The van der Waals surface area contributed by atoms with E-state index in [1.165, 1.54) is 7.11 Å². The lowest BCUT2D eigenvalue weighted by Gasteiger charge is -2.19. The molecule has 8 nitrogen and oxygen atoms in total. The largest absolute Gasteiger partial charge is 0.494 e. The number of nitrogens with zero attached hydrogens (tertiary/aromatic N) is 5. The molecule has 9 heteroatoms. The van der Waals surface area contributed by atoms with Crippen molar-refractivity contribution < 1.29 is 18.3 Å². The summed E-state index contributed by atoms with van der Waals surface area (Å²) in [5, 5.41) is 9.82. The van der Waals surface area contributed by atoms with Crippen LogP contribution in [0.1, 0.15) is 35.2 Å². The molecule has 1 atom stereocenters. The number of hydrogen-bond donors (Lipinski definition) is 0. The number of rotatable bonds is 5. The van der Waals surface area contributed by atoms with E-state index in [4.69, 9.17) is 9.15 Å². The standard InChI is InChI=1S/C29H26FN5O3/c1-37-25-13-20(29(36)34-9-2-3-10-34)16-33-27(25)26-14-23-28(38-26)22(6-8-32-23)18-4-5-24(19(12-18)15-31)35-11-7-21(30)17-35/h4-6,8,12-14,16,21H,2-3,7,9-11,17H2,1H3. The van der Waals surface area contributed by atoms with Crippen LogP contribution in [0.5, 0.6) is 5.75 Å². The highest BCUT2D eigenvalue weighted by Crippen LogP contribution is 2.38. The number of carbonyl (C=O) groups is 1. The highest BCUT2D eigenvalue weighted by molar-refractivity contribution is 5.96. The fourth-order valence-electron chi connectivity index (χ4n) is 5.29. The second-order valence-electron chi connectivity index (χ2n) is 9.63. The molecule has 2 saturated heterocycles. The van der Waals surface area contributed by atoms with Crippen molar-refractivity contribution >= 4 is 22.7 Å². The van der Waals surface area contributed by atoms with E-state index < -0.39 is 6.17 Å². The number of ether oxygens (including phenoxy) is 1. The Morgan fingerprint density at radius 2 is 2.00 bits per heavy atom. The van der Waals surface area contributed by atoms with Gasteiger partial charge in [0.1, 0.15) is 29.2 Å². The lowest BCUT2D eigenvalue weighted by atomic mass is 10.0. The van der Waals surface area contributed by atoms with Crippen molar-refractivity contribution in [3.05, 3.63) is 59.9 Å². The number of aromatic nitrogens is 2. The predicted molar refractivity (Wildman–Crippen MR) is 141 cm³/mol. The molecule has 192 valence electrons. The molecule has 2 aliphatic rings. The maximum Gasteiger partial charge on any atom is 0.255 e. The number of pyridine rings is 2. The second kappa shape index (κ2) is 9.78. The topological polar surface area (TPSA) is 95.5 Å². The average molecular weight is 512 g/mol. The van der Waals surface area contributed by atoms with Crippen LogP contribution in [0.25, 0.3) is 33.7 Å². The third-order valence-corrected chi connectivity index (χ3v) is 7.26. The van der Waals surface area contributed by atoms with E-state index in [1.54, 1.807) is 30.6 Å². The normalized spacial score (nSPS) is 17.2. The first kappa shape index (κ1) is 23.9. The van der Waals surface area contributed by atoms with Crippen molar-refractivity contribution in [2.75, 3.05) is 38.2 Å². The monoisotopic (exact) mass is 511 g/mol. The Morgan fingerprint density at radius 1 is 1.16 bits per heavy atom. The van der Waals surface area contributed by atoms with Crippen LogP contribution in [0.2, 0.25) is 0 Å². The second-order valence-corrected chi connectivity index (χ2v) is 9.63. The molecule has 3 aromatic heterocycles. The van der Waals surface area contributed by atoms with Crippen LogP contribution in [-0.4, -0.2) is 60.2 Å². The summed E-state index contributed by atoms with van der Waals surface area (Å²) in [5.41, 5.74) is 4.90. The zero-order valence-corrected chi connectivity index (χ0v) is 21.0. The summed E-state index contributed by atoms with van der Waals surface area (Å²) in [6.07, 6.45) is 4.86. The van der Waals surface area contributed by atoms with Crippen LogP contribution in [0, 0.1) is 11.3 Å². The van der Waals surface area contributed by atoms with Gasteiger partial charge in [0.2, 0.25) is 0 Å². The predicted octanol–water partition coefficient (Wildman–Crippen LogP) is 5.22. The van der Waals surface area contributed by atoms with Crippen LogP contribution >= 0.6 is 0 Å². The molecule has 4 aromatic rings. The Bertz CT molecular complexity index is 1570. The molecule has 0 bridgehead atoms. The lowest BCUT2D eigenvalue weighted by Crippen LogP contribution is -2.27. The number of hydrogen-bond acceptors (Lipinski definition) is 7. The summed E-state index contributed by atoms with van der Waals surface area (Å²) < 4.78 is 25.6. The van der Waals surface area contributed by atoms with Crippen LogP contribution in [0.3, 0.4) is 0 Å². The molecule has 0 radical (unpaired) electrons. The van der Waals surface area contributed by atoms with Crippen LogP contribution in [-0.2, 0) is 0 Å². The molecule has 0 N–H and O–H groups in total. The van der Waals surface area contributed by atoms with Gasteiger partial charge in [-0.15, -0.1) is 0 Å². The van der Waals surface area contributed by atoms with Crippen LogP contribution in [0.4, 0.5) is 10.1 Å². The number of fused-ring (bicyclic) bond motifs is 1. The zero-order valence-electron chi connectivity index (χ0n) is 21.0. The number of halogens is 1. The van der Waals surface area contributed by atoms with E-state index in [0.29, 0.717) is 58.9 Å². The average Bonchev–Trinajstić information content (AvgIpc) is 3.73. The summed E-state index contributed by atoms with van der Waals surface area (Å²) >= 11 is 0. The van der Waals surface area contributed by atoms with Gasteiger partial charge in [0, 0.05) is 50.2 Å². The highest BCUT2D eigenvalue weighted by atomic mass is 19.1. The summed E-state index contributed by atoms with van der Waals surface area (Å²) in [6, 6.07) is 13.2. The van der Waals surface area contributed by atoms with Gasteiger partial charge >= 0.3 is 0 Å². The highest BCUT2D eigenvalue weighted by Gasteiger charge is 2.25. The zero-order chi connectivity index (χ0) is 26.2. The third-order valence-electron chi connectivity index (χ3n) is 7.26. The number of alkyl halides is 1. The molecule has 6 rings (SSSR count). The van der Waals surface area contributed by atoms with E-state index >= 15 is 0 Å². The molecule has 5 heterocycles. The first-order valence-electron chi connectivity index (χ1n) is 12.7. The first-order valence-corrected chi connectivity index (χ1v) is 12.7. The lowest BCUT2D eigenvalue weighted by molar-refractivity contribution is 0.0792. The van der Waals surface area contributed by atoms with Gasteiger partial charge in [0.05, 0.1) is 23.9 Å². The number of carbonyl (C=O) groups excluding carboxylic acids is 1. The molecule has 0 spiro atoms.